The third-order valence-electron chi connectivity index (χ3n) is 3.75. The molecule has 0 atom stereocenters. The molecule has 1 amide bonds. The Morgan fingerprint density at radius 3 is 2.71 bits per heavy atom. The van der Waals surface area contributed by atoms with Crippen LogP contribution in [0.1, 0.15) is 18.9 Å². The minimum absolute atomic E-state index is 0.0802. The Labute approximate surface area is 148 Å². The van der Waals surface area contributed by atoms with Crippen molar-refractivity contribution in [2.75, 3.05) is 30.4 Å². The van der Waals surface area contributed by atoms with Crippen molar-refractivity contribution in [3.05, 3.63) is 53.1 Å². The van der Waals surface area contributed by atoms with Crippen molar-refractivity contribution in [1.29, 1.82) is 0 Å². The number of hydrogen-bond donors (Lipinski definition) is 1. The number of amides is 1. The lowest BCUT2D eigenvalue weighted by Gasteiger charge is -2.22. The Balaban J connectivity index is 1.98. The maximum Gasteiger partial charge on any atom is 0.228 e. The van der Waals surface area contributed by atoms with E-state index < -0.39 is 0 Å². The van der Waals surface area contributed by atoms with E-state index >= 15 is 0 Å². The number of aryl methyl sites for hydroxylation is 1. The molecule has 0 saturated carbocycles. The van der Waals surface area contributed by atoms with Crippen molar-refractivity contribution in [1.82, 2.24) is 0 Å². The van der Waals surface area contributed by atoms with Gasteiger partial charge in [0.2, 0.25) is 5.91 Å². The molecule has 24 heavy (non-hydrogen) atoms. The number of hydrogen-bond acceptors (Lipinski definition) is 3. The summed E-state index contributed by atoms with van der Waals surface area (Å²) in [6.45, 7) is 5.16. The molecule has 0 aliphatic rings. The molecule has 0 aliphatic heterocycles. The molecule has 0 aromatic heterocycles. The Hall–Kier alpha value is -2.20. The Morgan fingerprint density at radius 1 is 1.25 bits per heavy atom. The second kappa shape index (κ2) is 8.60. The smallest absolute Gasteiger partial charge is 0.228 e. The number of nitrogens with one attached hydrogen (secondary N) is 1. The zero-order valence-electron chi connectivity index (χ0n) is 14.3. The van der Waals surface area contributed by atoms with Crippen LogP contribution in [0.4, 0.5) is 11.4 Å². The fourth-order valence-electron chi connectivity index (χ4n) is 2.56. The number of rotatable bonds is 7. The lowest BCUT2D eigenvalue weighted by molar-refractivity contribution is -0.118. The summed E-state index contributed by atoms with van der Waals surface area (Å²) < 4.78 is 5.29. The van der Waals surface area contributed by atoms with E-state index in [1.807, 2.05) is 38.1 Å². The van der Waals surface area contributed by atoms with E-state index in [4.69, 9.17) is 16.3 Å². The summed E-state index contributed by atoms with van der Waals surface area (Å²) in [7, 11) is 1.61. The third-order valence-corrected chi connectivity index (χ3v) is 3.98. The monoisotopic (exact) mass is 346 g/mol. The van der Waals surface area contributed by atoms with E-state index in [1.54, 1.807) is 30.2 Å². The molecule has 128 valence electrons. The van der Waals surface area contributed by atoms with Crippen LogP contribution in [-0.2, 0) is 4.79 Å². The van der Waals surface area contributed by atoms with Crippen LogP contribution in [0, 0.1) is 6.92 Å². The van der Waals surface area contributed by atoms with Gasteiger partial charge in [-0.25, -0.2) is 0 Å². The molecule has 0 unspecified atom stereocenters. The second-order valence-corrected chi connectivity index (χ2v) is 5.93. The maximum absolute atomic E-state index is 12.5. The standard InChI is InChI=1S/C19H23ClN2O2/c1-4-22(16-7-5-6-14(2)12-16)19(23)10-11-21-17-13-15(20)8-9-18(17)24-3/h5-9,12-13,21H,4,10-11H2,1-3H3. The molecule has 0 radical (unpaired) electrons. The van der Waals surface area contributed by atoms with Crippen molar-refractivity contribution in [3.63, 3.8) is 0 Å². The predicted molar refractivity (Wildman–Crippen MR) is 100 cm³/mol. The van der Waals surface area contributed by atoms with Gasteiger partial charge in [0, 0.05) is 30.2 Å². The van der Waals surface area contributed by atoms with E-state index in [0.29, 0.717) is 30.3 Å². The Kier molecular flexibility index (Phi) is 6.50. The van der Waals surface area contributed by atoms with Gasteiger partial charge in [-0.3, -0.25) is 4.79 Å². The zero-order valence-corrected chi connectivity index (χ0v) is 15.1. The largest absolute Gasteiger partial charge is 0.495 e. The number of carbonyl (C=O) groups excluding carboxylic acids is 1. The normalized spacial score (nSPS) is 10.3. The molecular formula is C19H23ClN2O2. The summed E-state index contributed by atoms with van der Waals surface area (Å²) in [4.78, 5) is 14.3. The number of carbonyl (C=O) groups is 1. The van der Waals surface area contributed by atoms with Crippen molar-refractivity contribution >= 4 is 28.9 Å². The maximum atomic E-state index is 12.5. The quantitative estimate of drug-likeness (QED) is 0.801. The van der Waals surface area contributed by atoms with Gasteiger partial charge in [0.05, 0.1) is 12.8 Å². The molecular weight excluding hydrogens is 324 g/mol. The van der Waals surface area contributed by atoms with Crippen molar-refractivity contribution in [3.8, 4) is 5.75 Å². The van der Waals surface area contributed by atoms with Crippen molar-refractivity contribution < 1.29 is 9.53 Å². The molecule has 2 aromatic carbocycles. The third kappa shape index (κ3) is 4.65. The van der Waals surface area contributed by atoms with E-state index in [-0.39, 0.29) is 5.91 Å². The average molecular weight is 347 g/mol. The van der Waals surface area contributed by atoms with Crippen LogP contribution in [0.25, 0.3) is 0 Å². The van der Waals surface area contributed by atoms with Gasteiger partial charge >= 0.3 is 0 Å². The van der Waals surface area contributed by atoms with Crippen LogP contribution < -0.4 is 15.0 Å². The number of methoxy groups -OCH3 is 1. The summed E-state index contributed by atoms with van der Waals surface area (Å²) in [5.74, 6) is 0.787. The van der Waals surface area contributed by atoms with E-state index in [9.17, 15) is 4.79 Å². The molecule has 2 aromatic rings. The number of nitrogens with zero attached hydrogens (tertiary/aromatic N) is 1. The van der Waals surface area contributed by atoms with E-state index in [1.165, 1.54) is 0 Å². The van der Waals surface area contributed by atoms with E-state index in [2.05, 4.69) is 5.32 Å². The molecule has 0 fully saturated rings. The molecule has 1 N–H and O–H groups in total. The van der Waals surface area contributed by atoms with Gasteiger partial charge < -0.3 is 15.0 Å². The van der Waals surface area contributed by atoms with Crippen molar-refractivity contribution in [2.45, 2.75) is 20.3 Å². The van der Waals surface area contributed by atoms with Gasteiger partial charge in [-0.15, -0.1) is 0 Å². The highest BCUT2D eigenvalue weighted by Crippen LogP contribution is 2.27. The highest BCUT2D eigenvalue weighted by molar-refractivity contribution is 6.30. The highest BCUT2D eigenvalue weighted by Gasteiger charge is 2.14. The zero-order chi connectivity index (χ0) is 17.5. The van der Waals surface area contributed by atoms with Crippen LogP contribution in [0.15, 0.2) is 42.5 Å². The first-order chi connectivity index (χ1) is 11.5. The van der Waals surface area contributed by atoms with Crippen LogP contribution in [-0.4, -0.2) is 26.1 Å². The minimum atomic E-state index is 0.0802. The number of benzene rings is 2. The summed E-state index contributed by atoms with van der Waals surface area (Å²) in [6, 6.07) is 13.3. The summed E-state index contributed by atoms with van der Waals surface area (Å²) >= 11 is 6.01. The molecule has 2 rings (SSSR count). The average Bonchev–Trinajstić information content (AvgIpc) is 2.56. The first kappa shape index (κ1) is 18.1. The predicted octanol–water partition coefficient (Wildman–Crippen LogP) is 4.51. The molecule has 0 bridgehead atoms. The molecule has 0 heterocycles. The van der Waals surface area contributed by atoms with Gasteiger partial charge in [-0.1, -0.05) is 23.7 Å². The van der Waals surface area contributed by atoms with Crippen LogP contribution >= 0.6 is 11.6 Å². The summed E-state index contributed by atoms with van der Waals surface area (Å²) in [6.07, 6.45) is 0.386. The first-order valence-corrected chi connectivity index (χ1v) is 8.37. The van der Waals surface area contributed by atoms with Gasteiger partial charge in [0.1, 0.15) is 5.75 Å². The SMILES string of the molecule is CCN(C(=O)CCNc1cc(Cl)ccc1OC)c1cccc(C)c1. The lowest BCUT2D eigenvalue weighted by Crippen LogP contribution is -2.31. The number of ether oxygens (including phenoxy) is 1. The fourth-order valence-corrected chi connectivity index (χ4v) is 2.73. The van der Waals surface area contributed by atoms with Gasteiger partial charge in [0.15, 0.2) is 0 Å². The molecule has 0 spiro atoms. The molecule has 4 nitrogen and oxygen atoms in total. The van der Waals surface area contributed by atoms with Crippen molar-refractivity contribution in [2.24, 2.45) is 0 Å². The summed E-state index contributed by atoms with van der Waals surface area (Å²) in [5.41, 5.74) is 2.86. The number of anilines is 2. The highest BCUT2D eigenvalue weighted by atomic mass is 35.5. The Bertz CT molecular complexity index is 704. The summed E-state index contributed by atoms with van der Waals surface area (Å²) in [5, 5.41) is 3.85. The van der Waals surface area contributed by atoms with Gasteiger partial charge in [-0.2, -0.15) is 0 Å². The lowest BCUT2D eigenvalue weighted by atomic mass is 10.2. The number of halogens is 1. The first-order valence-electron chi connectivity index (χ1n) is 7.99. The van der Waals surface area contributed by atoms with Crippen LogP contribution in [0.2, 0.25) is 5.02 Å². The molecule has 0 aliphatic carbocycles. The Morgan fingerprint density at radius 2 is 2.04 bits per heavy atom. The van der Waals surface area contributed by atoms with Gasteiger partial charge in [-0.05, 0) is 49.7 Å². The van der Waals surface area contributed by atoms with E-state index in [0.717, 1.165) is 16.9 Å². The van der Waals surface area contributed by atoms with Gasteiger partial charge in [0.25, 0.3) is 0 Å². The van der Waals surface area contributed by atoms with Crippen LogP contribution in [0.3, 0.4) is 0 Å². The van der Waals surface area contributed by atoms with Crippen LogP contribution in [0.5, 0.6) is 5.75 Å². The second-order valence-electron chi connectivity index (χ2n) is 5.50. The topological polar surface area (TPSA) is 41.6 Å². The molecule has 0 saturated heterocycles. The fraction of sp³-hybridized carbons (Fsp3) is 0.316. The molecule has 5 heteroatoms. The minimum Gasteiger partial charge on any atom is -0.495 e.